The fourth-order valence-corrected chi connectivity index (χ4v) is 17.7. The number of fused-ring (bicyclic) bond motifs is 8. The fourth-order valence-electron chi connectivity index (χ4n) is 17.7. The summed E-state index contributed by atoms with van der Waals surface area (Å²) in [5, 5.41) is 0. The summed E-state index contributed by atoms with van der Waals surface area (Å²) in [6.07, 6.45) is 6.77. The number of aryl methyl sites for hydroxylation is 1. The molecule has 15 rings (SSSR count). The van der Waals surface area contributed by atoms with Crippen LogP contribution < -0.4 is 31.1 Å². The Kier molecular flexibility index (Phi) is 14.6. The Balaban J connectivity index is 0.982. The third-order valence-corrected chi connectivity index (χ3v) is 23.2. The van der Waals surface area contributed by atoms with E-state index in [2.05, 4.69) is 339 Å². The van der Waals surface area contributed by atoms with Gasteiger partial charge in [0, 0.05) is 56.6 Å². The van der Waals surface area contributed by atoms with Gasteiger partial charge in [-0.05, 0) is 216 Å². The van der Waals surface area contributed by atoms with Crippen LogP contribution in [0.3, 0.4) is 0 Å². The first-order valence-corrected chi connectivity index (χ1v) is 35.6. The van der Waals surface area contributed by atoms with Crippen LogP contribution in [-0.4, -0.2) is 12.3 Å². The first-order chi connectivity index (χ1) is 45.0. The molecular formula is C91H98BN3. The Morgan fingerprint density at radius 2 is 0.842 bits per heavy atom. The number of nitrogens with zero attached hydrogens (tertiary/aromatic N) is 3. The first kappa shape index (κ1) is 62.8. The minimum absolute atomic E-state index is 0.0416. The summed E-state index contributed by atoms with van der Waals surface area (Å²) in [6, 6.07) is 82.1. The lowest BCUT2D eigenvalue weighted by molar-refractivity contribution is 0.195. The van der Waals surface area contributed by atoms with Gasteiger partial charge in [0.15, 0.2) is 0 Å². The third-order valence-electron chi connectivity index (χ3n) is 23.2. The Morgan fingerprint density at radius 3 is 1.35 bits per heavy atom. The smallest absolute Gasteiger partial charge is 0.252 e. The quantitative estimate of drug-likeness (QED) is 0.111. The van der Waals surface area contributed by atoms with E-state index in [0.717, 1.165) is 25.7 Å². The fraction of sp³-hybridized carbons (Fsp3) is 0.341. The zero-order valence-electron chi connectivity index (χ0n) is 59.9. The highest BCUT2D eigenvalue weighted by molar-refractivity contribution is 7.00. The molecule has 0 radical (unpaired) electrons. The van der Waals surface area contributed by atoms with Gasteiger partial charge in [0.2, 0.25) is 0 Å². The Labute approximate surface area is 569 Å². The average Bonchev–Trinajstić information content (AvgIpc) is 1.69. The molecule has 1 fully saturated rings. The van der Waals surface area contributed by atoms with E-state index in [1.54, 1.807) is 0 Å². The van der Waals surface area contributed by atoms with E-state index in [0.29, 0.717) is 0 Å². The molecule has 10 aromatic rings. The molecule has 2 atom stereocenters. The standard InChI is InChI=1S/C91H98BN3/c1-58-48-81-84-82(49-58)94(77-45-40-69(88(11,12)13)54-72(77)60-28-22-19-23-29-60)80-55-70(41-42-74(80)92(84)75-51-64-56-89(14,15)57-65(64)52-79(75)93(81)76-44-39-68(87(8,9)10)53-71(76)59-26-20-18-21-27-59)95-78-43-34-63(50-73(78)90(16)46-24-25-47-91(90,95)17)83(61-30-35-66(36-31-61)85(2,3)4)62-32-37-67(38-33-62)86(5,6)7/h18-23,26-45,48-55,83H,24-25,46-47,56-57H2,1-17H3. The van der Waals surface area contributed by atoms with Crippen molar-refractivity contribution < 1.29 is 0 Å². The minimum atomic E-state index is -0.201. The zero-order valence-corrected chi connectivity index (χ0v) is 59.9. The van der Waals surface area contributed by atoms with Gasteiger partial charge in [0.05, 0.1) is 16.9 Å². The molecule has 0 amide bonds. The summed E-state index contributed by atoms with van der Waals surface area (Å²) in [5.74, 6) is 0.0689. The van der Waals surface area contributed by atoms with Crippen molar-refractivity contribution in [2.45, 2.75) is 195 Å². The van der Waals surface area contributed by atoms with Crippen molar-refractivity contribution in [2.75, 3.05) is 14.7 Å². The molecule has 3 heterocycles. The van der Waals surface area contributed by atoms with Gasteiger partial charge in [0.1, 0.15) is 0 Å². The number of rotatable bonds is 8. The maximum atomic E-state index is 2.84. The molecule has 95 heavy (non-hydrogen) atoms. The lowest BCUT2D eigenvalue weighted by Gasteiger charge is -2.51. The third kappa shape index (κ3) is 10.4. The van der Waals surface area contributed by atoms with E-state index in [1.165, 1.54) is 158 Å². The molecule has 480 valence electrons. The number of anilines is 8. The van der Waals surface area contributed by atoms with Gasteiger partial charge in [-0.2, -0.15) is 0 Å². The van der Waals surface area contributed by atoms with Crippen molar-refractivity contribution in [3.63, 3.8) is 0 Å². The number of benzene rings is 10. The van der Waals surface area contributed by atoms with Crippen LogP contribution in [0.5, 0.6) is 0 Å². The normalized spacial score (nSPS) is 18.7. The van der Waals surface area contributed by atoms with E-state index in [4.69, 9.17) is 0 Å². The SMILES string of the molecule is Cc1cc2c3c(c1)N(c1ccc(C(C)(C)C)cc1-c1ccccc1)c1cc4c(cc1B3c1ccc(N3c5ccc(C(c6ccc(C(C)(C)C)cc6)c6ccc(C(C)(C)C)cc6)cc5C5(C)CCCCC35C)cc1N2c1ccc(C(C)(C)C)cc1-c1ccccc1)CC(C)(C)C4. The van der Waals surface area contributed by atoms with Gasteiger partial charge >= 0.3 is 0 Å². The van der Waals surface area contributed by atoms with Crippen molar-refractivity contribution >= 4 is 68.6 Å². The van der Waals surface area contributed by atoms with E-state index in [1.807, 2.05) is 0 Å². The predicted molar refractivity (Wildman–Crippen MR) is 409 cm³/mol. The van der Waals surface area contributed by atoms with Gasteiger partial charge in [-0.25, -0.2) is 0 Å². The first-order valence-electron chi connectivity index (χ1n) is 35.6. The lowest BCUT2D eigenvalue weighted by atomic mass is 9.33. The second kappa shape index (κ2) is 22.1. The van der Waals surface area contributed by atoms with E-state index < -0.39 is 0 Å². The van der Waals surface area contributed by atoms with Gasteiger partial charge in [-0.1, -0.05) is 262 Å². The van der Waals surface area contributed by atoms with Gasteiger partial charge in [0.25, 0.3) is 6.71 Å². The molecule has 0 spiro atoms. The van der Waals surface area contributed by atoms with Crippen molar-refractivity contribution in [1.82, 2.24) is 0 Å². The second-order valence-corrected chi connectivity index (χ2v) is 34.6. The zero-order chi connectivity index (χ0) is 66.7. The molecular weight excluding hydrogens is 1150 g/mol. The minimum Gasteiger partial charge on any atom is -0.334 e. The molecule has 5 aliphatic rings. The Bertz CT molecular complexity index is 4600. The largest absolute Gasteiger partial charge is 0.334 e. The molecule has 0 bridgehead atoms. The molecule has 2 aliphatic carbocycles. The lowest BCUT2D eigenvalue weighted by Crippen LogP contribution is -2.61. The molecule has 0 N–H and O–H groups in total. The van der Waals surface area contributed by atoms with Gasteiger partial charge in [-0.15, -0.1) is 0 Å². The molecule has 0 saturated heterocycles. The van der Waals surface area contributed by atoms with Crippen molar-refractivity contribution in [2.24, 2.45) is 5.41 Å². The van der Waals surface area contributed by atoms with Crippen LogP contribution in [-0.2, 0) is 39.9 Å². The number of hydrogen-bond donors (Lipinski definition) is 0. The van der Waals surface area contributed by atoms with Crippen molar-refractivity contribution in [1.29, 1.82) is 0 Å². The predicted octanol–water partition coefficient (Wildman–Crippen LogP) is 22.6. The number of hydrogen-bond acceptors (Lipinski definition) is 3. The molecule has 3 nitrogen and oxygen atoms in total. The van der Waals surface area contributed by atoms with Crippen LogP contribution in [0, 0.1) is 12.3 Å². The van der Waals surface area contributed by atoms with Crippen LogP contribution in [0.15, 0.2) is 206 Å². The van der Waals surface area contributed by atoms with Crippen LogP contribution in [0.1, 0.15) is 204 Å². The Hall–Kier alpha value is -8.34. The molecule has 0 aromatic heterocycles. The summed E-state index contributed by atoms with van der Waals surface area (Å²) >= 11 is 0. The summed E-state index contributed by atoms with van der Waals surface area (Å²) in [5.41, 5.74) is 34.0. The van der Waals surface area contributed by atoms with Crippen LogP contribution in [0.25, 0.3) is 22.3 Å². The van der Waals surface area contributed by atoms with Crippen LogP contribution >= 0.6 is 0 Å². The highest BCUT2D eigenvalue weighted by atomic mass is 15.3. The maximum Gasteiger partial charge on any atom is 0.252 e. The van der Waals surface area contributed by atoms with E-state index >= 15 is 0 Å². The van der Waals surface area contributed by atoms with Crippen molar-refractivity contribution in [3.05, 3.63) is 267 Å². The summed E-state index contributed by atoms with van der Waals surface area (Å²) in [7, 11) is 0. The monoisotopic (exact) mass is 1240 g/mol. The van der Waals surface area contributed by atoms with Crippen LogP contribution in [0.2, 0.25) is 0 Å². The van der Waals surface area contributed by atoms with E-state index in [9.17, 15) is 0 Å². The van der Waals surface area contributed by atoms with Crippen molar-refractivity contribution in [3.8, 4) is 22.3 Å². The van der Waals surface area contributed by atoms with Crippen LogP contribution in [0.4, 0.5) is 45.5 Å². The summed E-state index contributed by atoms with van der Waals surface area (Å²) < 4.78 is 0. The molecule has 3 aliphatic heterocycles. The van der Waals surface area contributed by atoms with Gasteiger partial charge < -0.3 is 14.7 Å². The highest BCUT2D eigenvalue weighted by Gasteiger charge is 2.58. The molecule has 10 aromatic carbocycles. The molecule has 2 unspecified atom stereocenters. The summed E-state index contributed by atoms with van der Waals surface area (Å²) in [4.78, 5) is 8.26. The summed E-state index contributed by atoms with van der Waals surface area (Å²) in [6.45, 7) is 40.5. The van der Waals surface area contributed by atoms with E-state index in [-0.39, 0.29) is 50.7 Å². The maximum absolute atomic E-state index is 2.84. The highest BCUT2D eigenvalue weighted by Crippen LogP contribution is 2.62. The molecule has 1 saturated carbocycles. The second-order valence-electron chi connectivity index (χ2n) is 34.6. The van der Waals surface area contributed by atoms with Gasteiger partial charge in [-0.3, -0.25) is 0 Å². The topological polar surface area (TPSA) is 9.72 Å². The average molecular weight is 1240 g/mol. The molecule has 4 heteroatoms. The Morgan fingerprint density at radius 1 is 0.389 bits per heavy atom.